The van der Waals surface area contributed by atoms with Gasteiger partial charge in [0, 0.05) is 29.0 Å². The van der Waals surface area contributed by atoms with Crippen LogP contribution in [-0.2, 0) is 13.0 Å². The Hall–Kier alpha value is -1.99. The predicted molar refractivity (Wildman–Crippen MR) is 88.6 cm³/mol. The van der Waals surface area contributed by atoms with Gasteiger partial charge >= 0.3 is 0 Å². The maximum atomic E-state index is 5.99. The third kappa shape index (κ3) is 3.03. The minimum Gasteiger partial charge on any atom is -0.382 e. The Balaban J connectivity index is 1.80. The molecule has 0 fully saturated rings. The van der Waals surface area contributed by atoms with Gasteiger partial charge in [0.1, 0.15) is 15.8 Å². The van der Waals surface area contributed by atoms with Gasteiger partial charge < -0.3 is 11.1 Å². The summed E-state index contributed by atoms with van der Waals surface area (Å²) in [5.41, 5.74) is 7.88. The molecule has 0 saturated heterocycles. The van der Waals surface area contributed by atoms with Crippen LogP contribution in [-0.4, -0.2) is 14.3 Å². The van der Waals surface area contributed by atoms with Crippen molar-refractivity contribution in [2.24, 2.45) is 0 Å². The molecule has 3 heterocycles. The van der Waals surface area contributed by atoms with Crippen LogP contribution in [0.15, 0.2) is 30.7 Å². The van der Waals surface area contributed by atoms with E-state index < -0.39 is 0 Å². The van der Waals surface area contributed by atoms with Crippen LogP contribution in [0.4, 0.5) is 10.8 Å². The van der Waals surface area contributed by atoms with Crippen LogP contribution in [0.2, 0.25) is 0 Å². The fraction of sp³-hybridized carbons (Fsp3) is 0.214. The summed E-state index contributed by atoms with van der Waals surface area (Å²) in [6, 6.07) is 3.88. The van der Waals surface area contributed by atoms with E-state index in [-0.39, 0.29) is 0 Å². The molecule has 3 rings (SSSR count). The molecule has 3 aromatic heterocycles. The Kier molecular flexibility index (Phi) is 4.12. The lowest BCUT2D eigenvalue weighted by Crippen LogP contribution is -1.99. The van der Waals surface area contributed by atoms with Crippen LogP contribution in [0.3, 0.4) is 0 Å². The van der Waals surface area contributed by atoms with E-state index in [9.17, 15) is 0 Å². The van der Waals surface area contributed by atoms with E-state index >= 15 is 0 Å². The molecule has 5 nitrogen and oxygen atoms in total. The Morgan fingerprint density at radius 2 is 2.24 bits per heavy atom. The molecule has 0 aliphatic rings. The zero-order chi connectivity index (χ0) is 14.7. The van der Waals surface area contributed by atoms with Gasteiger partial charge in [-0.3, -0.25) is 4.98 Å². The lowest BCUT2D eigenvalue weighted by molar-refractivity contribution is 1.10. The van der Waals surface area contributed by atoms with E-state index in [2.05, 4.69) is 26.6 Å². The number of nitrogens with two attached hydrogens (primary N) is 1. The summed E-state index contributed by atoms with van der Waals surface area (Å²) >= 11 is 3.09. The summed E-state index contributed by atoms with van der Waals surface area (Å²) in [7, 11) is 0. The van der Waals surface area contributed by atoms with E-state index in [1.165, 1.54) is 16.4 Å². The number of anilines is 2. The van der Waals surface area contributed by atoms with Crippen LogP contribution < -0.4 is 11.1 Å². The van der Waals surface area contributed by atoms with E-state index in [0.29, 0.717) is 12.4 Å². The minimum absolute atomic E-state index is 0.531. The van der Waals surface area contributed by atoms with E-state index in [1.54, 1.807) is 23.7 Å². The number of nitrogens with zero attached hydrogens (tertiary/aromatic N) is 3. The van der Waals surface area contributed by atoms with Crippen LogP contribution in [0.25, 0.3) is 11.1 Å². The van der Waals surface area contributed by atoms with Crippen molar-refractivity contribution in [3.05, 3.63) is 40.6 Å². The number of aryl methyl sites for hydroxylation is 1. The molecule has 7 heteroatoms. The van der Waals surface area contributed by atoms with Crippen molar-refractivity contribution >= 4 is 33.7 Å². The van der Waals surface area contributed by atoms with Gasteiger partial charge in [0.15, 0.2) is 0 Å². The molecule has 21 heavy (non-hydrogen) atoms. The van der Waals surface area contributed by atoms with Crippen molar-refractivity contribution in [1.29, 1.82) is 0 Å². The molecule has 3 aromatic rings. The van der Waals surface area contributed by atoms with Crippen LogP contribution in [0.1, 0.15) is 16.8 Å². The highest BCUT2D eigenvalue weighted by molar-refractivity contribution is 7.12. The molecule has 108 valence electrons. The SMILES string of the molecule is CCc1cnc(CNc2snc(N)c2-c2cccnc2)s1. The van der Waals surface area contributed by atoms with Crippen molar-refractivity contribution in [2.75, 3.05) is 11.1 Å². The first-order valence-electron chi connectivity index (χ1n) is 6.61. The van der Waals surface area contributed by atoms with E-state index in [1.807, 2.05) is 18.3 Å². The quantitative estimate of drug-likeness (QED) is 0.754. The molecule has 0 radical (unpaired) electrons. The number of rotatable bonds is 5. The first-order chi connectivity index (χ1) is 10.3. The average Bonchev–Trinajstić information content (AvgIpc) is 3.12. The standard InChI is InChI=1S/C14H15N5S2/c1-2-10-7-17-11(20-10)8-18-14-12(13(15)19-21-14)9-4-3-5-16-6-9/h3-7,18H,2,8H2,1H3,(H2,15,19). The van der Waals surface area contributed by atoms with Gasteiger partial charge in [0.05, 0.1) is 12.1 Å². The first kappa shape index (κ1) is 14.0. The van der Waals surface area contributed by atoms with E-state index in [4.69, 9.17) is 5.73 Å². The molecule has 0 aliphatic carbocycles. The molecule has 0 atom stereocenters. The number of hydrogen-bond donors (Lipinski definition) is 2. The first-order valence-corrected chi connectivity index (χ1v) is 8.20. The van der Waals surface area contributed by atoms with Gasteiger partial charge in [-0.25, -0.2) is 4.98 Å². The molecule has 0 bridgehead atoms. The number of nitrogens with one attached hydrogen (secondary N) is 1. The number of nitrogen functional groups attached to an aromatic ring is 1. The van der Waals surface area contributed by atoms with Crippen molar-refractivity contribution in [3.63, 3.8) is 0 Å². The summed E-state index contributed by atoms with van der Waals surface area (Å²) in [5, 5.41) is 5.40. The Bertz CT molecular complexity index is 720. The smallest absolute Gasteiger partial charge is 0.147 e. The van der Waals surface area contributed by atoms with Crippen molar-refractivity contribution in [1.82, 2.24) is 14.3 Å². The number of pyridine rings is 1. The monoisotopic (exact) mass is 317 g/mol. The molecular formula is C14H15N5S2. The van der Waals surface area contributed by atoms with Gasteiger partial charge in [-0.05, 0) is 24.0 Å². The Labute approximate surface area is 131 Å². The van der Waals surface area contributed by atoms with Crippen LogP contribution in [0, 0.1) is 0 Å². The van der Waals surface area contributed by atoms with Crippen LogP contribution >= 0.6 is 22.9 Å². The summed E-state index contributed by atoms with van der Waals surface area (Å²) < 4.78 is 4.24. The normalized spacial score (nSPS) is 10.7. The second-order valence-corrected chi connectivity index (χ2v) is 6.41. The largest absolute Gasteiger partial charge is 0.382 e. The van der Waals surface area contributed by atoms with Crippen molar-refractivity contribution in [3.8, 4) is 11.1 Å². The van der Waals surface area contributed by atoms with Gasteiger partial charge in [-0.2, -0.15) is 4.37 Å². The van der Waals surface area contributed by atoms with Gasteiger partial charge in [0.25, 0.3) is 0 Å². The van der Waals surface area contributed by atoms with Crippen molar-refractivity contribution in [2.45, 2.75) is 19.9 Å². The van der Waals surface area contributed by atoms with Crippen molar-refractivity contribution < 1.29 is 0 Å². The van der Waals surface area contributed by atoms with Gasteiger partial charge in [0.2, 0.25) is 0 Å². The maximum absolute atomic E-state index is 5.99. The highest BCUT2D eigenvalue weighted by Gasteiger charge is 2.14. The molecule has 0 unspecified atom stereocenters. The second-order valence-electron chi connectivity index (χ2n) is 4.44. The third-order valence-electron chi connectivity index (χ3n) is 3.02. The molecule has 0 spiro atoms. The predicted octanol–water partition coefficient (Wildman–Crippen LogP) is 3.42. The summed E-state index contributed by atoms with van der Waals surface area (Å²) in [5.74, 6) is 0.531. The maximum Gasteiger partial charge on any atom is 0.147 e. The van der Waals surface area contributed by atoms with E-state index in [0.717, 1.165) is 27.6 Å². The average molecular weight is 317 g/mol. The summed E-state index contributed by atoms with van der Waals surface area (Å²) in [6.07, 6.45) is 6.50. The minimum atomic E-state index is 0.531. The molecule has 0 aromatic carbocycles. The number of hydrogen-bond acceptors (Lipinski definition) is 7. The Morgan fingerprint density at radius 1 is 1.33 bits per heavy atom. The highest BCUT2D eigenvalue weighted by Crippen LogP contribution is 2.36. The molecule has 0 amide bonds. The zero-order valence-corrected chi connectivity index (χ0v) is 13.2. The summed E-state index contributed by atoms with van der Waals surface area (Å²) in [6.45, 7) is 2.81. The molecule has 0 saturated carbocycles. The Morgan fingerprint density at radius 3 is 2.95 bits per heavy atom. The molecule has 0 aliphatic heterocycles. The zero-order valence-electron chi connectivity index (χ0n) is 11.5. The topological polar surface area (TPSA) is 76.7 Å². The molecule has 3 N–H and O–H groups in total. The molecular weight excluding hydrogens is 302 g/mol. The second kappa shape index (κ2) is 6.19. The highest BCUT2D eigenvalue weighted by atomic mass is 32.1. The fourth-order valence-corrected chi connectivity index (χ4v) is 3.50. The fourth-order valence-electron chi connectivity index (χ4n) is 1.96. The third-order valence-corrected chi connectivity index (χ3v) is 4.98. The number of thiazole rings is 1. The van der Waals surface area contributed by atoms with Gasteiger partial charge in [-0.15, -0.1) is 11.3 Å². The van der Waals surface area contributed by atoms with Gasteiger partial charge in [-0.1, -0.05) is 13.0 Å². The number of aromatic nitrogens is 3. The summed E-state index contributed by atoms with van der Waals surface area (Å²) in [4.78, 5) is 9.84. The van der Waals surface area contributed by atoms with Crippen LogP contribution in [0.5, 0.6) is 0 Å². The lowest BCUT2D eigenvalue weighted by Gasteiger charge is -2.05. The lowest BCUT2D eigenvalue weighted by atomic mass is 10.1.